The minimum Gasteiger partial charge on any atom is -0.497 e. The molecule has 0 spiro atoms. The molecule has 0 saturated heterocycles. The molecule has 0 radical (unpaired) electrons. The number of hydrogen-bond donors (Lipinski definition) is 1. The van der Waals surface area contributed by atoms with Crippen LogP contribution in [0.4, 0.5) is 5.69 Å². The molecule has 42 heavy (non-hydrogen) atoms. The lowest BCUT2D eigenvalue weighted by Gasteiger charge is -2.33. The molecule has 226 valence electrons. The van der Waals surface area contributed by atoms with E-state index < -0.39 is 28.5 Å². The molecule has 2 amide bonds. The number of nitrogens with one attached hydrogen (secondary N) is 1. The zero-order valence-corrected chi connectivity index (χ0v) is 26.2. The Hall–Kier alpha value is -3.85. The lowest BCUT2D eigenvalue weighted by Crippen LogP contribution is -2.52. The molecule has 0 saturated carbocycles. The Balaban J connectivity index is 2.04. The van der Waals surface area contributed by atoms with Crippen LogP contribution in [0.2, 0.25) is 0 Å². The summed E-state index contributed by atoms with van der Waals surface area (Å²) in [5, 5.41) is 2.95. The Kier molecular flexibility index (Phi) is 11.6. The van der Waals surface area contributed by atoms with Crippen LogP contribution in [0.15, 0.2) is 83.8 Å². The number of methoxy groups -OCH3 is 1. The fraction of sp³-hybridized carbons (Fsp3) is 0.394. The van der Waals surface area contributed by atoms with Gasteiger partial charge in [0, 0.05) is 13.1 Å². The second-order valence-corrected chi connectivity index (χ2v) is 12.9. The summed E-state index contributed by atoms with van der Waals surface area (Å²) in [7, 11) is -2.53. The first-order valence-electron chi connectivity index (χ1n) is 14.4. The van der Waals surface area contributed by atoms with Gasteiger partial charge in [0.1, 0.15) is 18.3 Å². The Morgan fingerprint density at radius 2 is 1.50 bits per heavy atom. The van der Waals surface area contributed by atoms with Crippen molar-refractivity contribution >= 4 is 27.5 Å². The van der Waals surface area contributed by atoms with Crippen LogP contribution in [0.3, 0.4) is 0 Å². The van der Waals surface area contributed by atoms with Crippen LogP contribution in [0, 0.1) is 5.92 Å². The molecule has 1 atom stereocenters. The third kappa shape index (κ3) is 8.35. The van der Waals surface area contributed by atoms with E-state index >= 15 is 0 Å². The number of amides is 2. The number of carbonyl (C=O) groups excluding carboxylic acids is 2. The molecule has 0 aliphatic carbocycles. The van der Waals surface area contributed by atoms with Crippen molar-refractivity contribution in [2.75, 3.05) is 24.5 Å². The van der Waals surface area contributed by atoms with Crippen molar-refractivity contribution in [3.05, 3.63) is 90.0 Å². The monoisotopic (exact) mass is 593 g/mol. The number of ether oxygens (including phenoxy) is 1. The van der Waals surface area contributed by atoms with Crippen molar-refractivity contribution in [1.29, 1.82) is 0 Å². The molecule has 0 aliphatic heterocycles. The molecule has 0 fully saturated rings. The third-order valence-electron chi connectivity index (χ3n) is 7.04. The number of anilines is 1. The Labute approximate surface area is 250 Å². The van der Waals surface area contributed by atoms with Gasteiger partial charge in [-0.3, -0.25) is 13.9 Å². The van der Waals surface area contributed by atoms with E-state index in [1.54, 1.807) is 49.6 Å². The minimum atomic E-state index is -4.10. The highest BCUT2D eigenvalue weighted by atomic mass is 32.2. The molecule has 1 N–H and O–H groups in total. The first-order chi connectivity index (χ1) is 20.0. The predicted molar refractivity (Wildman–Crippen MR) is 167 cm³/mol. The van der Waals surface area contributed by atoms with E-state index in [9.17, 15) is 18.0 Å². The second kappa shape index (κ2) is 14.9. The van der Waals surface area contributed by atoms with E-state index in [2.05, 4.69) is 19.2 Å². The Morgan fingerprint density at radius 1 is 0.881 bits per heavy atom. The predicted octanol–water partition coefficient (Wildman–Crippen LogP) is 5.59. The summed E-state index contributed by atoms with van der Waals surface area (Å²) in [5.74, 6) is 0.409. The van der Waals surface area contributed by atoms with Gasteiger partial charge < -0.3 is 15.0 Å². The van der Waals surface area contributed by atoms with Gasteiger partial charge in [-0.25, -0.2) is 8.42 Å². The molecule has 9 heteroatoms. The van der Waals surface area contributed by atoms with E-state index in [1.165, 1.54) is 17.0 Å². The first kappa shape index (κ1) is 32.7. The SMILES string of the molecule is CCC(C(=O)NCC(C)C)N(Cc1ccc(OC)cc1)C(=O)CN(c1ccc(C(C)C)cc1)S(=O)(=O)c1ccccc1. The summed E-state index contributed by atoms with van der Waals surface area (Å²) in [6.45, 7) is 10.1. The van der Waals surface area contributed by atoms with E-state index in [0.29, 0.717) is 24.4 Å². The maximum absolute atomic E-state index is 14.2. The number of benzene rings is 3. The molecule has 3 aromatic carbocycles. The van der Waals surface area contributed by atoms with Crippen LogP contribution in [0.25, 0.3) is 0 Å². The summed E-state index contributed by atoms with van der Waals surface area (Å²) in [6, 6.07) is 21.7. The van der Waals surface area contributed by atoms with Crippen molar-refractivity contribution in [2.24, 2.45) is 5.92 Å². The topological polar surface area (TPSA) is 96.0 Å². The number of hydrogen-bond acceptors (Lipinski definition) is 5. The lowest BCUT2D eigenvalue weighted by atomic mass is 10.0. The van der Waals surface area contributed by atoms with Crippen LogP contribution in [-0.4, -0.2) is 51.4 Å². The molecular formula is C33H43N3O5S. The Morgan fingerprint density at radius 3 is 2.02 bits per heavy atom. The lowest BCUT2D eigenvalue weighted by molar-refractivity contribution is -0.140. The summed E-state index contributed by atoms with van der Waals surface area (Å²) in [5.41, 5.74) is 2.22. The van der Waals surface area contributed by atoms with Gasteiger partial charge >= 0.3 is 0 Å². The largest absolute Gasteiger partial charge is 0.497 e. The average molecular weight is 594 g/mol. The summed E-state index contributed by atoms with van der Waals surface area (Å²) < 4.78 is 34.3. The molecule has 3 rings (SSSR count). The molecule has 0 heterocycles. The van der Waals surface area contributed by atoms with Crippen molar-refractivity contribution in [3.8, 4) is 5.75 Å². The summed E-state index contributed by atoms with van der Waals surface area (Å²) in [6.07, 6.45) is 0.361. The standard InChI is InChI=1S/C33H43N3O5S/c1-7-31(33(38)34-21-24(2)3)35(22-26-13-19-29(41-6)20-14-26)32(37)23-36(28-17-15-27(16-18-28)25(4)5)42(39,40)30-11-9-8-10-12-30/h8-20,24-25,31H,7,21-23H2,1-6H3,(H,34,38). The van der Waals surface area contributed by atoms with Crippen LogP contribution in [-0.2, 0) is 26.2 Å². The average Bonchev–Trinajstić information content (AvgIpc) is 2.99. The molecule has 8 nitrogen and oxygen atoms in total. The number of rotatable bonds is 14. The minimum absolute atomic E-state index is 0.0779. The number of sulfonamides is 1. The molecule has 0 bridgehead atoms. The molecule has 0 aliphatic rings. The van der Waals surface area contributed by atoms with Gasteiger partial charge in [0.2, 0.25) is 11.8 Å². The van der Waals surface area contributed by atoms with Crippen LogP contribution >= 0.6 is 0 Å². The highest BCUT2D eigenvalue weighted by Crippen LogP contribution is 2.27. The molecule has 3 aromatic rings. The Bertz CT molecular complexity index is 1410. The van der Waals surface area contributed by atoms with E-state index in [0.717, 1.165) is 15.4 Å². The first-order valence-corrected chi connectivity index (χ1v) is 15.8. The van der Waals surface area contributed by atoms with Crippen molar-refractivity contribution in [3.63, 3.8) is 0 Å². The van der Waals surface area contributed by atoms with E-state index in [-0.39, 0.29) is 29.2 Å². The molecular weight excluding hydrogens is 550 g/mol. The van der Waals surface area contributed by atoms with Gasteiger partial charge in [0.15, 0.2) is 0 Å². The van der Waals surface area contributed by atoms with Gasteiger partial charge in [0.25, 0.3) is 10.0 Å². The van der Waals surface area contributed by atoms with Gasteiger partial charge in [-0.05, 0) is 65.8 Å². The third-order valence-corrected chi connectivity index (χ3v) is 8.83. The van der Waals surface area contributed by atoms with Crippen molar-refractivity contribution in [2.45, 2.75) is 64.4 Å². The fourth-order valence-corrected chi connectivity index (χ4v) is 5.98. The quantitative estimate of drug-likeness (QED) is 0.263. The second-order valence-electron chi connectivity index (χ2n) is 11.0. The maximum Gasteiger partial charge on any atom is 0.264 e. The van der Waals surface area contributed by atoms with Gasteiger partial charge in [-0.15, -0.1) is 0 Å². The van der Waals surface area contributed by atoms with Gasteiger partial charge in [0.05, 0.1) is 17.7 Å². The summed E-state index contributed by atoms with van der Waals surface area (Å²) in [4.78, 5) is 29.1. The summed E-state index contributed by atoms with van der Waals surface area (Å²) >= 11 is 0. The zero-order chi connectivity index (χ0) is 30.9. The van der Waals surface area contributed by atoms with Crippen molar-refractivity contribution < 1.29 is 22.7 Å². The highest BCUT2D eigenvalue weighted by molar-refractivity contribution is 7.92. The van der Waals surface area contributed by atoms with Crippen LogP contribution in [0.5, 0.6) is 5.75 Å². The van der Waals surface area contributed by atoms with E-state index in [1.807, 2.05) is 45.0 Å². The van der Waals surface area contributed by atoms with Crippen molar-refractivity contribution in [1.82, 2.24) is 10.2 Å². The number of nitrogens with zero attached hydrogens (tertiary/aromatic N) is 2. The molecule has 1 unspecified atom stereocenters. The zero-order valence-electron chi connectivity index (χ0n) is 25.4. The molecule has 0 aromatic heterocycles. The van der Waals surface area contributed by atoms with Gasteiger partial charge in [-0.2, -0.15) is 0 Å². The normalized spacial score (nSPS) is 12.2. The van der Waals surface area contributed by atoms with Crippen LogP contribution < -0.4 is 14.4 Å². The smallest absolute Gasteiger partial charge is 0.264 e. The fourth-order valence-electron chi connectivity index (χ4n) is 4.54. The van der Waals surface area contributed by atoms with E-state index in [4.69, 9.17) is 4.74 Å². The van der Waals surface area contributed by atoms with Gasteiger partial charge in [-0.1, -0.05) is 77.1 Å². The maximum atomic E-state index is 14.2. The highest BCUT2D eigenvalue weighted by Gasteiger charge is 2.33. The number of carbonyl (C=O) groups is 2. The van der Waals surface area contributed by atoms with Crippen LogP contribution in [0.1, 0.15) is 58.1 Å².